The Bertz CT molecular complexity index is 424. The Morgan fingerprint density at radius 1 is 1.61 bits per heavy atom. The van der Waals surface area contributed by atoms with Crippen LogP contribution in [0.25, 0.3) is 0 Å². The molecule has 0 spiro atoms. The van der Waals surface area contributed by atoms with E-state index in [2.05, 4.69) is 31.5 Å². The second-order valence-electron chi connectivity index (χ2n) is 3.73. The van der Waals surface area contributed by atoms with Crippen LogP contribution in [0.15, 0.2) is 9.98 Å². The lowest BCUT2D eigenvalue weighted by Gasteiger charge is -2.07. The molecule has 1 rings (SSSR count). The molecule has 0 saturated carbocycles. The number of aromatic nitrogens is 1. The van der Waals surface area contributed by atoms with Crippen molar-refractivity contribution in [3.8, 4) is 0 Å². The lowest BCUT2D eigenvalue weighted by Crippen LogP contribution is -2.29. The highest BCUT2D eigenvalue weighted by Gasteiger charge is 2.10. The van der Waals surface area contributed by atoms with Crippen LogP contribution in [0.1, 0.15) is 19.8 Å². The number of halogens is 1. The quantitative estimate of drug-likeness (QED) is 0.696. The van der Waals surface area contributed by atoms with E-state index in [-0.39, 0.29) is 11.9 Å². The number of carbonyl (C=O) groups is 2. The Morgan fingerprint density at radius 3 is 2.89 bits per heavy atom. The van der Waals surface area contributed by atoms with Crippen molar-refractivity contribution in [2.75, 3.05) is 11.9 Å². The van der Waals surface area contributed by atoms with Gasteiger partial charge >= 0.3 is 12.0 Å². The SMILES string of the molecule is CC(CCCNC(=O)Nc1ncc(Br)s1)C(=O)O. The molecular formula is C10H14BrN3O3S. The number of hydrogen-bond donors (Lipinski definition) is 3. The maximum absolute atomic E-state index is 11.4. The van der Waals surface area contributed by atoms with E-state index in [1.165, 1.54) is 11.3 Å². The summed E-state index contributed by atoms with van der Waals surface area (Å²) >= 11 is 4.56. The van der Waals surface area contributed by atoms with Crippen LogP contribution in [-0.2, 0) is 4.79 Å². The molecule has 1 aromatic heterocycles. The van der Waals surface area contributed by atoms with Crippen LogP contribution in [0.4, 0.5) is 9.93 Å². The first-order valence-corrected chi connectivity index (χ1v) is 6.99. The summed E-state index contributed by atoms with van der Waals surface area (Å²) in [5.74, 6) is -1.20. The second-order valence-corrected chi connectivity index (χ2v) is 6.14. The average Bonchev–Trinajstić information content (AvgIpc) is 2.69. The van der Waals surface area contributed by atoms with Gasteiger partial charge in [-0.25, -0.2) is 9.78 Å². The molecule has 3 N–H and O–H groups in total. The molecule has 1 heterocycles. The molecular weight excluding hydrogens is 322 g/mol. The minimum Gasteiger partial charge on any atom is -0.481 e. The topological polar surface area (TPSA) is 91.3 Å². The van der Waals surface area contributed by atoms with Crippen LogP contribution in [0.2, 0.25) is 0 Å². The number of nitrogens with one attached hydrogen (secondary N) is 2. The number of aliphatic carboxylic acids is 1. The average molecular weight is 336 g/mol. The van der Waals surface area contributed by atoms with Crippen molar-refractivity contribution in [1.82, 2.24) is 10.3 Å². The Balaban J connectivity index is 2.16. The monoisotopic (exact) mass is 335 g/mol. The first-order valence-electron chi connectivity index (χ1n) is 5.38. The molecule has 0 aromatic carbocycles. The van der Waals surface area contributed by atoms with Gasteiger partial charge in [-0.3, -0.25) is 10.1 Å². The molecule has 1 atom stereocenters. The van der Waals surface area contributed by atoms with E-state index in [1.54, 1.807) is 13.1 Å². The molecule has 0 aliphatic heterocycles. The highest BCUT2D eigenvalue weighted by atomic mass is 79.9. The third-order valence-electron chi connectivity index (χ3n) is 2.22. The highest BCUT2D eigenvalue weighted by Crippen LogP contribution is 2.22. The Labute approximate surface area is 117 Å². The van der Waals surface area contributed by atoms with Crippen molar-refractivity contribution < 1.29 is 14.7 Å². The standard InChI is InChI=1S/C10H14BrN3O3S/c1-6(8(15)16)3-2-4-12-9(17)14-10-13-5-7(11)18-10/h5-6H,2-4H2,1H3,(H,15,16)(H2,12,13,14,17). The van der Waals surface area contributed by atoms with Gasteiger partial charge in [-0.05, 0) is 28.8 Å². The minimum absolute atomic E-state index is 0.333. The van der Waals surface area contributed by atoms with Crippen molar-refractivity contribution in [1.29, 1.82) is 0 Å². The van der Waals surface area contributed by atoms with Gasteiger partial charge in [0.1, 0.15) is 0 Å². The first kappa shape index (κ1) is 14.9. The summed E-state index contributed by atoms with van der Waals surface area (Å²) in [5.41, 5.74) is 0. The van der Waals surface area contributed by atoms with Crippen LogP contribution < -0.4 is 10.6 Å². The lowest BCUT2D eigenvalue weighted by molar-refractivity contribution is -0.141. The largest absolute Gasteiger partial charge is 0.481 e. The van der Waals surface area contributed by atoms with Crippen molar-refractivity contribution in [3.05, 3.63) is 9.98 Å². The molecule has 1 unspecified atom stereocenters. The number of anilines is 1. The van der Waals surface area contributed by atoms with Crippen molar-refractivity contribution in [2.24, 2.45) is 5.92 Å². The van der Waals surface area contributed by atoms with Gasteiger partial charge in [-0.15, -0.1) is 0 Å². The highest BCUT2D eigenvalue weighted by molar-refractivity contribution is 9.11. The van der Waals surface area contributed by atoms with E-state index in [9.17, 15) is 9.59 Å². The van der Waals surface area contributed by atoms with Gasteiger partial charge in [0.25, 0.3) is 0 Å². The zero-order valence-corrected chi connectivity index (χ0v) is 12.2. The summed E-state index contributed by atoms with van der Waals surface area (Å²) in [4.78, 5) is 25.9. The van der Waals surface area contributed by atoms with Crippen molar-refractivity contribution in [2.45, 2.75) is 19.8 Å². The number of nitrogens with zero attached hydrogens (tertiary/aromatic N) is 1. The fourth-order valence-electron chi connectivity index (χ4n) is 1.19. The molecule has 6 nitrogen and oxygen atoms in total. The van der Waals surface area contributed by atoms with E-state index < -0.39 is 5.97 Å². The third-order valence-corrected chi connectivity index (χ3v) is 3.61. The molecule has 100 valence electrons. The molecule has 0 bridgehead atoms. The third kappa shape index (κ3) is 5.46. The van der Waals surface area contributed by atoms with Crippen LogP contribution >= 0.6 is 27.3 Å². The summed E-state index contributed by atoms with van der Waals surface area (Å²) < 4.78 is 0.841. The molecule has 0 aliphatic rings. The number of amides is 2. The smallest absolute Gasteiger partial charge is 0.321 e. The fourth-order valence-corrected chi connectivity index (χ4v) is 2.29. The number of carboxylic acids is 1. The zero-order chi connectivity index (χ0) is 13.5. The van der Waals surface area contributed by atoms with E-state index in [4.69, 9.17) is 5.11 Å². The number of hydrogen-bond acceptors (Lipinski definition) is 4. The minimum atomic E-state index is -0.813. The maximum atomic E-state index is 11.4. The van der Waals surface area contributed by atoms with Gasteiger partial charge in [0.2, 0.25) is 0 Å². The van der Waals surface area contributed by atoms with Gasteiger partial charge in [-0.1, -0.05) is 18.3 Å². The van der Waals surface area contributed by atoms with Crippen LogP contribution in [0.5, 0.6) is 0 Å². The fraction of sp³-hybridized carbons (Fsp3) is 0.500. The number of thiazole rings is 1. The van der Waals surface area contributed by atoms with E-state index >= 15 is 0 Å². The summed E-state index contributed by atoms with van der Waals surface area (Å²) in [7, 11) is 0. The molecule has 0 aliphatic carbocycles. The first-order chi connectivity index (χ1) is 8.49. The normalized spacial score (nSPS) is 11.9. The van der Waals surface area contributed by atoms with Crippen molar-refractivity contribution in [3.63, 3.8) is 0 Å². The van der Waals surface area contributed by atoms with Gasteiger partial charge < -0.3 is 10.4 Å². The van der Waals surface area contributed by atoms with Gasteiger partial charge in [-0.2, -0.15) is 0 Å². The van der Waals surface area contributed by atoms with Crippen molar-refractivity contribution >= 4 is 44.4 Å². The number of urea groups is 1. The van der Waals surface area contributed by atoms with Gasteiger partial charge in [0.15, 0.2) is 5.13 Å². The molecule has 18 heavy (non-hydrogen) atoms. The van der Waals surface area contributed by atoms with Gasteiger partial charge in [0.05, 0.1) is 15.9 Å². The number of rotatable bonds is 6. The number of carboxylic acid groups (broad SMARTS) is 1. The van der Waals surface area contributed by atoms with Crippen LogP contribution in [0, 0.1) is 5.92 Å². The summed E-state index contributed by atoms with van der Waals surface area (Å²) in [6.45, 7) is 2.09. The molecule has 0 saturated heterocycles. The second kappa shape index (κ2) is 7.32. The molecule has 0 fully saturated rings. The molecule has 1 aromatic rings. The Kier molecular flexibility index (Phi) is 6.06. The Morgan fingerprint density at radius 2 is 2.33 bits per heavy atom. The predicted octanol–water partition coefficient (Wildman–Crippen LogP) is 2.53. The van der Waals surface area contributed by atoms with E-state index in [0.717, 1.165) is 3.79 Å². The molecule has 0 radical (unpaired) electrons. The van der Waals surface area contributed by atoms with Crippen LogP contribution in [-0.4, -0.2) is 28.6 Å². The maximum Gasteiger partial charge on any atom is 0.321 e. The van der Waals surface area contributed by atoms with Gasteiger partial charge in [0, 0.05) is 6.54 Å². The van der Waals surface area contributed by atoms with E-state index in [1.807, 2.05) is 0 Å². The van der Waals surface area contributed by atoms with Crippen LogP contribution in [0.3, 0.4) is 0 Å². The summed E-state index contributed by atoms with van der Waals surface area (Å²) in [6.07, 6.45) is 2.77. The predicted molar refractivity (Wildman–Crippen MR) is 72.9 cm³/mol. The zero-order valence-electron chi connectivity index (χ0n) is 9.77. The summed E-state index contributed by atoms with van der Waals surface area (Å²) in [5, 5.41) is 14.4. The Hall–Kier alpha value is -1.15. The lowest BCUT2D eigenvalue weighted by atomic mass is 10.1. The molecule has 8 heteroatoms. The van der Waals surface area contributed by atoms with E-state index in [0.29, 0.717) is 24.5 Å². The summed E-state index contributed by atoms with van der Waals surface area (Å²) in [6, 6.07) is -0.333. The number of carbonyl (C=O) groups excluding carboxylic acids is 1. The molecule has 2 amide bonds.